The highest BCUT2D eigenvalue weighted by Crippen LogP contribution is 2.62. The molecule has 0 amide bonds. The van der Waals surface area contributed by atoms with Crippen molar-refractivity contribution in [2.75, 3.05) is 10.8 Å². The van der Waals surface area contributed by atoms with Crippen LogP contribution in [0.1, 0.15) is 37.7 Å². The van der Waals surface area contributed by atoms with Crippen LogP contribution in [0.4, 0.5) is 32.0 Å². The second-order valence-corrected chi connectivity index (χ2v) is 13.6. The molecule has 2 aliphatic carbocycles. The van der Waals surface area contributed by atoms with Gasteiger partial charge in [-0.05, 0) is 97.0 Å². The molecular weight excluding hydrogens is 628 g/mol. The summed E-state index contributed by atoms with van der Waals surface area (Å²) in [7, 11) is -4.61. The molecule has 1 spiro atoms. The normalized spacial score (nSPS) is 24.7. The highest BCUT2D eigenvalue weighted by Gasteiger charge is 2.59. The first-order valence-electron chi connectivity index (χ1n) is 14.2. The minimum absolute atomic E-state index is 0.0258. The van der Waals surface area contributed by atoms with Crippen molar-refractivity contribution in [2.24, 2.45) is 17.3 Å². The van der Waals surface area contributed by atoms with Gasteiger partial charge in [0.05, 0.1) is 28.6 Å². The monoisotopic (exact) mass is 655 g/mol. The Kier molecular flexibility index (Phi) is 7.69. The predicted octanol–water partition coefficient (Wildman–Crippen LogP) is 7.35. The molecule has 1 heterocycles. The molecule has 2 saturated carbocycles. The van der Waals surface area contributed by atoms with E-state index in [1.54, 1.807) is 0 Å². The van der Waals surface area contributed by atoms with E-state index in [0.29, 0.717) is 38.2 Å². The number of carboxylic acid groups (broad SMARTS) is 1. The summed E-state index contributed by atoms with van der Waals surface area (Å²) in [6.07, 6.45) is -2.48. The van der Waals surface area contributed by atoms with Crippen LogP contribution in [0.2, 0.25) is 0 Å². The van der Waals surface area contributed by atoms with Gasteiger partial charge in [-0.3, -0.25) is 9.10 Å². The van der Waals surface area contributed by atoms with Crippen molar-refractivity contribution in [1.29, 1.82) is 0 Å². The minimum Gasteiger partial charge on any atom is -0.486 e. The number of alkyl halides is 5. The van der Waals surface area contributed by atoms with Crippen LogP contribution in [0.3, 0.4) is 0 Å². The number of benzene rings is 3. The summed E-state index contributed by atoms with van der Waals surface area (Å²) < 4.78 is 120. The molecule has 1 N–H and O–H groups in total. The van der Waals surface area contributed by atoms with Crippen molar-refractivity contribution in [3.63, 3.8) is 0 Å². The Morgan fingerprint density at radius 2 is 1.76 bits per heavy atom. The Morgan fingerprint density at radius 1 is 1.02 bits per heavy atom. The van der Waals surface area contributed by atoms with E-state index < -0.39 is 62.8 Å². The van der Waals surface area contributed by atoms with Crippen LogP contribution in [0.25, 0.3) is 11.1 Å². The number of nitrogens with zero attached hydrogens (tertiary/aromatic N) is 1. The topological polar surface area (TPSA) is 93.1 Å². The molecule has 14 heteroatoms. The van der Waals surface area contributed by atoms with Crippen LogP contribution in [-0.4, -0.2) is 38.8 Å². The number of sulfonamides is 1. The molecule has 0 saturated heterocycles. The predicted molar refractivity (Wildman–Crippen MR) is 149 cm³/mol. The number of ether oxygens (including phenoxy) is 2. The number of aliphatic carboxylic acids is 1. The molecule has 2 fully saturated rings. The summed E-state index contributed by atoms with van der Waals surface area (Å²) in [5, 5.41) is 9.44. The molecule has 3 aliphatic rings. The molecular formula is C31H27F6NO6S. The SMILES string of the molecule is O=C(O)C1CC12CCC(C1CN(S(=O)(=O)c3cccc(C(F)(F)F)c3)c3cc(-c4cc(F)cc(OC(F)F)c4)ccc3O1)CC2. The van der Waals surface area contributed by atoms with E-state index in [9.17, 15) is 44.7 Å². The zero-order valence-electron chi connectivity index (χ0n) is 23.4. The summed E-state index contributed by atoms with van der Waals surface area (Å²) >= 11 is 0. The summed E-state index contributed by atoms with van der Waals surface area (Å²) in [4.78, 5) is 10.9. The maximum absolute atomic E-state index is 14.3. The van der Waals surface area contributed by atoms with E-state index in [2.05, 4.69) is 4.74 Å². The van der Waals surface area contributed by atoms with Crippen molar-refractivity contribution in [2.45, 2.75) is 55.9 Å². The Morgan fingerprint density at radius 3 is 2.40 bits per heavy atom. The average molecular weight is 656 g/mol. The lowest BCUT2D eigenvalue weighted by Gasteiger charge is -2.41. The molecule has 7 nitrogen and oxygen atoms in total. The van der Waals surface area contributed by atoms with Crippen molar-refractivity contribution in [3.05, 3.63) is 72.0 Å². The van der Waals surface area contributed by atoms with Gasteiger partial charge in [0.25, 0.3) is 10.0 Å². The van der Waals surface area contributed by atoms with Crippen LogP contribution in [0.15, 0.2) is 65.6 Å². The number of rotatable bonds is 7. The third-order valence-electron chi connectivity index (χ3n) is 9.07. The van der Waals surface area contributed by atoms with Crippen molar-refractivity contribution >= 4 is 21.7 Å². The first-order valence-corrected chi connectivity index (χ1v) is 15.6. The second-order valence-electron chi connectivity index (χ2n) is 11.7. The number of hydrogen-bond acceptors (Lipinski definition) is 5. The Labute approximate surface area is 254 Å². The van der Waals surface area contributed by atoms with Gasteiger partial charge in [0.1, 0.15) is 23.4 Å². The molecule has 3 aromatic carbocycles. The average Bonchev–Trinajstić information content (AvgIpc) is 3.69. The third kappa shape index (κ3) is 6.03. The van der Waals surface area contributed by atoms with Crippen LogP contribution in [0, 0.1) is 23.1 Å². The largest absolute Gasteiger partial charge is 0.486 e. The van der Waals surface area contributed by atoms with E-state index in [4.69, 9.17) is 4.74 Å². The molecule has 2 unspecified atom stereocenters. The highest BCUT2D eigenvalue weighted by molar-refractivity contribution is 7.92. The van der Waals surface area contributed by atoms with Crippen molar-refractivity contribution in [1.82, 2.24) is 0 Å². The third-order valence-corrected chi connectivity index (χ3v) is 10.8. The first-order chi connectivity index (χ1) is 21.2. The number of anilines is 1. The van der Waals surface area contributed by atoms with Crippen LogP contribution < -0.4 is 13.8 Å². The maximum atomic E-state index is 14.3. The lowest BCUT2D eigenvalue weighted by atomic mass is 9.76. The lowest BCUT2D eigenvalue weighted by Crippen LogP contribution is -2.47. The number of carboxylic acids is 1. The summed E-state index contributed by atoms with van der Waals surface area (Å²) in [5.41, 5.74) is -1.15. The van der Waals surface area contributed by atoms with E-state index in [1.807, 2.05) is 0 Å². The maximum Gasteiger partial charge on any atom is 0.416 e. The fraction of sp³-hybridized carbons (Fsp3) is 0.387. The van der Waals surface area contributed by atoms with Gasteiger partial charge >= 0.3 is 18.8 Å². The molecule has 0 radical (unpaired) electrons. The van der Waals surface area contributed by atoms with Crippen LogP contribution in [-0.2, 0) is 21.0 Å². The Balaban J connectivity index is 1.38. The van der Waals surface area contributed by atoms with E-state index in [0.717, 1.165) is 40.7 Å². The zero-order valence-corrected chi connectivity index (χ0v) is 24.3. The number of carbonyl (C=O) groups is 1. The van der Waals surface area contributed by atoms with Gasteiger partial charge in [-0.1, -0.05) is 12.1 Å². The molecule has 2 atom stereocenters. The fourth-order valence-electron chi connectivity index (χ4n) is 6.62. The van der Waals surface area contributed by atoms with Gasteiger partial charge in [-0.15, -0.1) is 0 Å². The van der Waals surface area contributed by atoms with Crippen LogP contribution in [0.5, 0.6) is 11.5 Å². The number of fused-ring (bicyclic) bond motifs is 1. The molecule has 240 valence electrons. The molecule has 1 aliphatic heterocycles. The Hall–Kier alpha value is -3.94. The standard InChI is InChI=1S/C31H27F6NO6S/c32-21-10-19(11-22(14-21)43-29(33)34)18-4-5-26-25(12-18)38(45(41,42)23-3-1-2-20(13-23)31(35,36)37)16-27(44-26)17-6-8-30(9-7-17)15-24(30)28(39)40/h1-5,10-14,17,24,27,29H,6-9,15-16H2,(H,39,40). The fourth-order valence-corrected chi connectivity index (χ4v) is 8.15. The van der Waals surface area contributed by atoms with Gasteiger partial charge in [-0.25, -0.2) is 12.8 Å². The zero-order chi connectivity index (χ0) is 32.3. The van der Waals surface area contributed by atoms with Crippen molar-refractivity contribution < 1.29 is 54.1 Å². The van der Waals surface area contributed by atoms with Gasteiger partial charge < -0.3 is 14.6 Å². The number of hydrogen-bond donors (Lipinski definition) is 1. The minimum atomic E-state index is -4.80. The van der Waals surface area contributed by atoms with Gasteiger partial charge in [0.15, 0.2) is 0 Å². The summed E-state index contributed by atoms with van der Waals surface area (Å²) in [5.74, 6) is -2.63. The Bertz CT molecular complexity index is 1740. The highest BCUT2D eigenvalue weighted by atomic mass is 32.2. The number of halogens is 6. The molecule has 3 aromatic rings. The second kappa shape index (κ2) is 11.1. The molecule has 45 heavy (non-hydrogen) atoms. The van der Waals surface area contributed by atoms with E-state index in [1.165, 1.54) is 18.2 Å². The smallest absolute Gasteiger partial charge is 0.416 e. The van der Waals surface area contributed by atoms with E-state index in [-0.39, 0.29) is 40.4 Å². The van der Waals surface area contributed by atoms with Crippen molar-refractivity contribution in [3.8, 4) is 22.6 Å². The molecule has 0 aromatic heterocycles. The van der Waals surface area contributed by atoms with E-state index >= 15 is 0 Å². The molecule has 0 bridgehead atoms. The van der Waals surface area contributed by atoms with Crippen LogP contribution >= 0.6 is 0 Å². The quantitative estimate of drug-likeness (QED) is 0.268. The lowest BCUT2D eigenvalue weighted by molar-refractivity contribution is -0.140. The first kappa shape index (κ1) is 31.1. The van der Waals surface area contributed by atoms with Gasteiger partial charge in [0.2, 0.25) is 0 Å². The molecule has 6 rings (SSSR count). The summed E-state index contributed by atoms with van der Waals surface area (Å²) in [6.45, 7) is -3.47. The van der Waals surface area contributed by atoms with Gasteiger partial charge in [-0.2, -0.15) is 22.0 Å². The van der Waals surface area contributed by atoms with Gasteiger partial charge in [0, 0.05) is 6.07 Å². The summed E-state index contributed by atoms with van der Waals surface area (Å²) in [6, 6.07) is 10.6.